The minimum atomic E-state index is 0.0132. The van der Waals surface area contributed by atoms with E-state index in [1.165, 1.54) is 24.9 Å². The zero-order chi connectivity index (χ0) is 20.3. The number of anilines is 2. The van der Waals surface area contributed by atoms with Crippen LogP contribution in [0.25, 0.3) is 0 Å². The van der Waals surface area contributed by atoms with Crippen molar-refractivity contribution in [3.8, 4) is 11.5 Å². The average Bonchev–Trinajstić information content (AvgIpc) is 2.77. The molecule has 0 aliphatic carbocycles. The summed E-state index contributed by atoms with van der Waals surface area (Å²) in [5, 5.41) is 6.19. The van der Waals surface area contributed by atoms with Crippen molar-refractivity contribution in [3.63, 3.8) is 0 Å². The Morgan fingerprint density at radius 1 is 0.931 bits per heavy atom. The van der Waals surface area contributed by atoms with Gasteiger partial charge in [0.2, 0.25) is 5.91 Å². The van der Waals surface area contributed by atoms with Crippen molar-refractivity contribution in [3.05, 3.63) is 48.5 Å². The fourth-order valence-electron chi connectivity index (χ4n) is 3.37. The van der Waals surface area contributed by atoms with Gasteiger partial charge in [-0.05, 0) is 67.8 Å². The third-order valence-electron chi connectivity index (χ3n) is 5.01. The third kappa shape index (κ3) is 6.98. The second kappa shape index (κ2) is 11.3. The first-order chi connectivity index (χ1) is 14.2. The van der Waals surface area contributed by atoms with Crippen LogP contribution >= 0.6 is 0 Å². The molecule has 0 aromatic heterocycles. The average molecular weight is 398 g/mol. The number of benzene rings is 2. The fourth-order valence-corrected chi connectivity index (χ4v) is 3.37. The quantitative estimate of drug-likeness (QED) is 0.599. The van der Waals surface area contributed by atoms with Gasteiger partial charge in [-0.3, -0.25) is 4.79 Å². The van der Waals surface area contributed by atoms with Gasteiger partial charge < -0.3 is 25.0 Å². The molecule has 0 radical (unpaired) electrons. The SMILES string of the molecule is COc1ccc(OCCNCCC(=O)Nc2ccc(N3CCCCC3)cc2)cc1. The van der Waals surface area contributed by atoms with E-state index in [2.05, 4.69) is 27.7 Å². The van der Waals surface area contributed by atoms with Crippen LogP contribution in [0.3, 0.4) is 0 Å². The number of ether oxygens (including phenoxy) is 2. The predicted octanol–water partition coefficient (Wildman–Crippen LogP) is 3.68. The van der Waals surface area contributed by atoms with Gasteiger partial charge in [-0.25, -0.2) is 0 Å². The molecule has 6 nitrogen and oxygen atoms in total. The van der Waals surface area contributed by atoms with Crippen LogP contribution in [0.15, 0.2) is 48.5 Å². The van der Waals surface area contributed by atoms with Crippen LogP contribution in [-0.4, -0.2) is 45.8 Å². The normalized spacial score (nSPS) is 13.8. The largest absolute Gasteiger partial charge is 0.497 e. The number of hydrogen-bond acceptors (Lipinski definition) is 5. The maximum atomic E-state index is 12.1. The molecule has 0 bridgehead atoms. The zero-order valence-corrected chi connectivity index (χ0v) is 17.2. The van der Waals surface area contributed by atoms with Gasteiger partial charge in [0.1, 0.15) is 18.1 Å². The Morgan fingerprint density at radius 2 is 1.62 bits per heavy atom. The Labute approximate surface area is 173 Å². The Kier molecular flexibility index (Phi) is 8.19. The first-order valence-electron chi connectivity index (χ1n) is 10.4. The molecule has 156 valence electrons. The zero-order valence-electron chi connectivity index (χ0n) is 17.2. The second-order valence-electron chi connectivity index (χ2n) is 7.17. The molecule has 0 unspecified atom stereocenters. The van der Waals surface area contributed by atoms with Gasteiger partial charge in [-0.2, -0.15) is 0 Å². The van der Waals surface area contributed by atoms with Crippen LogP contribution in [0, 0.1) is 0 Å². The molecule has 1 saturated heterocycles. The van der Waals surface area contributed by atoms with Crippen LogP contribution in [0.1, 0.15) is 25.7 Å². The van der Waals surface area contributed by atoms with E-state index in [1.54, 1.807) is 7.11 Å². The van der Waals surface area contributed by atoms with Gasteiger partial charge in [-0.1, -0.05) is 0 Å². The van der Waals surface area contributed by atoms with Crippen molar-refractivity contribution in [2.75, 3.05) is 50.1 Å². The third-order valence-corrected chi connectivity index (χ3v) is 5.01. The standard InChI is InChI=1S/C23H31N3O3/c1-28-21-9-11-22(12-10-21)29-18-15-24-14-13-23(27)25-19-5-7-20(8-6-19)26-16-3-2-4-17-26/h5-12,24H,2-4,13-18H2,1H3,(H,25,27). The molecule has 0 spiro atoms. The van der Waals surface area contributed by atoms with Gasteiger partial charge in [0.25, 0.3) is 0 Å². The topological polar surface area (TPSA) is 62.8 Å². The van der Waals surface area contributed by atoms with E-state index in [0.29, 0.717) is 26.1 Å². The van der Waals surface area contributed by atoms with Gasteiger partial charge in [-0.15, -0.1) is 0 Å². The van der Waals surface area contributed by atoms with Crippen LogP contribution in [0.2, 0.25) is 0 Å². The molecule has 1 heterocycles. The van der Waals surface area contributed by atoms with Crippen molar-refractivity contribution in [1.29, 1.82) is 0 Å². The number of nitrogens with zero attached hydrogens (tertiary/aromatic N) is 1. The van der Waals surface area contributed by atoms with Crippen molar-refractivity contribution in [2.24, 2.45) is 0 Å². The lowest BCUT2D eigenvalue weighted by molar-refractivity contribution is -0.116. The highest BCUT2D eigenvalue weighted by Gasteiger charge is 2.10. The maximum absolute atomic E-state index is 12.1. The molecular weight excluding hydrogens is 366 g/mol. The molecule has 3 rings (SSSR count). The molecule has 2 aromatic rings. The van der Waals surface area contributed by atoms with E-state index in [4.69, 9.17) is 9.47 Å². The minimum Gasteiger partial charge on any atom is -0.497 e. The lowest BCUT2D eigenvalue weighted by atomic mass is 10.1. The highest BCUT2D eigenvalue weighted by atomic mass is 16.5. The summed E-state index contributed by atoms with van der Waals surface area (Å²) in [6.45, 7) is 4.10. The Balaban J connectivity index is 1.28. The van der Waals surface area contributed by atoms with E-state index in [9.17, 15) is 4.79 Å². The van der Waals surface area contributed by atoms with E-state index in [1.807, 2.05) is 36.4 Å². The van der Waals surface area contributed by atoms with E-state index in [0.717, 1.165) is 30.3 Å². The van der Waals surface area contributed by atoms with Crippen LogP contribution in [0.5, 0.6) is 11.5 Å². The van der Waals surface area contributed by atoms with Gasteiger partial charge in [0, 0.05) is 44.0 Å². The number of hydrogen-bond donors (Lipinski definition) is 2. The first-order valence-corrected chi connectivity index (χ1v) is 10.4. The smallest absolute Gasteiger partial charge is 0.225 e. The molecule has 1 amide bonds. The Morgan fingerprint density at radius 3 is 2.31 bits per heavy atom. The summed E-state index contributed by atoms with van der Waals surface area (Å²) >= 11 is 0. The van der Waals surface area contributed by atoms with Crippen molar-refractivity contribution in [1.82, 2.24) is 5.32 Å². The Hall–Kier alpha value is -2.73. The number of amides is 1. The summed E-state index contributed by atoms with van der Waals surface area (Å²) < 4.78 is 10.8. The number of nitrogens with one attached hydrogen (secondary N) is 2. The number of methoxy groups -OCH3 is 1. The summed E-state index contributed by atoms with van der Waals surface area (Å²) in [5.41, 5.74) is 2.08. The van der Waals surface area contributed by atoms with Gasteiger partial charge in [0.15, 0.2) is 0 Å². The molecular formula is C23H31N3O3. The summed E-state index contributed by atoms with van der Waals surface area (Å²) in [7, 11) is 1.64. The minimum absolute atomic E-state index is 0.0132. The van der Waals surface area contributed by atoms with E-state index in [-0.39, 0.29) is 5.91 Å². The van der Waals surface area contributed by atoms with Crippen LogP contribution in [-0.2, 0) is 4.79 Å². The monoisotopic (exact) mass is 397 g/mol. The summed E-state index contributed by atoms with van der Waals surface area (Å²) in [4.78, 5) is 14.5. The molecule has 1 aliphatic rings. The van der Waals surface area contributed by atoms with Gasteiger partial charge in [0.05, 0.1) is 7.11 Å². The summed E-state index contributed by atoms with van der Waals surface area (Å²) in [6.07, 6.45) is 4.27. The fraction of sp³-hybridized carbons (Fsp3) is 0.435. The van der Waals surface area contributed by atoms with E-state index >= 15 is 0 Å². The van der Waals surface area contributed by atoms with E-state index < -0.39 is 0 Å². The molecule has 2 aromatic carbocycles. The predicted molar refractivity (Wildman–Crippen MR) is 117 cm³/mol. The molecule has 0 saturated carbocycles. The van der Waals surface area contributed by atoms with Crippen LogP contribution in [0.4, 0.5) is 11.4 Å². The molecule has 0 atom stereocenters. The molecule has 29 heavy (non-hydrogen) atoms. The summed E-state index contributed by atoms with van der Waals surface area (Å²) in [5.74, 6) is 1.63. The first kappa shape index (κ1) is 21.0. The summed E-state index contributed by atoms with van der Waals surface area (Å²) in [6, 6.07) is 15.6. The van der Waals surface area contributed by atoms with Crippen LogP contribution < -0.4 is 25.0 Å². The lowest BCUT2D eigenvalue weighted by Gasteiger charge is -2.28. The van der Waals surface area contributed by atoms with Crippen molar-refractivity contribution in [2.45, 2.75) is 25.7 Å². The number of carbonyl (C=O) groups is 1. The molecule has 2 N–H and O–H groups in total. The molecule has 1 aliphatic heterocycles. The van der Waals surface area contributed by atoms with Gasteiger partial charge >= 0.3 is 0 Å². The highest BCUT2D eigenvalue weighted by molar-refractivity contribution is 5.91. The number of carbonyl (C=O) groups excluding carboxylic acids is 1. The molecule has 6 heteroatoms. The maximum Gasteiger partial charge on any atom is 0.225 e. The Bertz CT molecular complexity index is 741. The van der Waals surface area contributed by atoms with Crippen molar-refractivity contribution < 1.29 is 14.3 Å². The lowest BCUT2D eigenvalue weighted by Crippen LogP contribution is -2.29. The van der Waals surface area contributed by atoms with Crippen molar-refractivity contribution >= 4 is 17.3 Å². The highest BCUT2D eigenvalue weighted by Crippen LogP contribution is 2.22. The molecule has 1 fully saturated rings. The number of piperidine rings is 1. The second-order valence-corrected chi connectivity index (χ2v) is 7.17. The number of rotatable bonds is 10.